The molecule has 3 N–H and O–H groups in total. The molecule has 1 aromatic heterocycles. The van der Waals surface area contributed by atoms with Gasteiger partial charge < -0.3 is 20.3 Å². The van der Waals surface area contributed by atoms with Crippen LogP contribution in [-0.4, -0.2) is 22.2 Å². The molecule has 0 fully saturated rings. The monoisotopic (exact) mass is 400 g/mol. The predicted octanol–water partition coefficient (Wildman–Crippen LogP) is 4.13. The average Bonchev–Trinajstić information content (AvgIpc) is 2.71. The van der Waals surface area contributed by atoms with Crippen molar-refractivity contribution in [2.75, 3.05) is 0 Å². The molecule has 0 aliphatic carbocycles. The number of ether oxygens (including phenoxy) is 2. The first-order valence-corrected chi connectivity index (χ1v) is 8.70. The van der Waals surface area contributed by atoms with Crippen molar-refractivity contribution in [3.05, 3.63) is 71.8 Å². The summed E-state index contributed by atoms with van der Waals surface area (Å²) in [6.45, 7) is 1.60. The molecule has 3 aromatic rings. The van der Waals surface area contributed by atoms with Crippen molar-refractivity contribution >= 4 is 5.97 Å². The van der Waals surface area contributed by atoms with Gasteiger partial charge in [0.25, 0.3) is 11.8 Å². The summed E-state index contributed by atoms with van der Waals surface area (Å²) < 4.78 is 38.4. The van der Waals surface area contributed by atoms with E-state index >= 15 is 0 Å². The van der Waals surface area contributed by atoms with Crippen molar-refractivity contribution in [1.29, 1.82) is 0 Å². The van der Waals surface area contributed by atoms with E-state index in [4.69, 9.17) is 20.3 Å². The maximum atomic E-state index is 14.1. The zero-order valence-corrected chi connectivity index (χ0v) is 15.4. The highest BCUT2D eigenvalue weighted by atomic mass is 19.1. The fourth-order valence-corrected chi connectivity index (χ4v) is 2.53. The summed E-state index contributed by atoms with van der Waals surface area (Å²) in [5.41, 5.74) is 8.32. The summed E-state index contributed by atoms with van der Waals surface area (Å²) in [4.78, 5) is 14.5. The number of hydrogen-bond donors (Lipinski definition) is 2. The molecule has 3 rings (SSSR count). The number of pyridine rings is 1. The van der Waals surface area contributed by atoms with E-state index in [-0.39, 0.29) is 5.75 Å². The van der Waals surface area contributed by atoms with E-state index in [0.717, 1.165) is 16.7 Å². The third-order valence-corrected chi connectivity index (χ3v) is 4.05. The van der Waals surface area contributed by atoms with Gasteiger partial charge in [-0.1, -0.05) is 30.3 Å². The zero-order valence-electron chi connectivity index (χ0n) is 15.4. The summed E-state index contributed by atoms with van der Waals surface area (Å²) in [6.07, 6.45) is -1.37. The molecular formula is C21H18F2N2O4. The Bertz CT molecular complexity index is 1040. The predicted molar refractivity (Wildman–Crippen MR) is 102 cm³/mol. The molecular weight excluding hydrogens is 382 g/mol. The van der Waals surface area contributed by atoms with Crippen LogP contribution in [0, 0.1) is 11.6 Å². The number of carboxylic acid groups (broad SMARTS) is 1. The molecule has 1 unspecified atom stereocenters. The van der Waals surface area contributed by atoms with Crippen LogP contribution >= 0.6 is 0 Å². The Hall–Kier alpha value is -3.52. The number of aliphatic carboxylic acids is 1. The molecule has 8 heteroatoms. The largest absolute Gasteiger partial charge is 0.479 e. The normalized spacial score (nSPS) is 11.7. The number of carbonyl (C=O) groups is 1. The lowest BCUT2D eigenvalue weighted by molar-refractivity contribution is -0.144. The van der Waals surface area contributed by atoms with Crippen LogP contribution in [-0.2, 0) is 11.3 Å². The van der Waals surface area contributed by atoms with Gasteiger partial charge in [0.2, 0.25) is 0 Å². The fraction of sp³-hybridized carbons (Fsp3) is 0.143. The van der Waals surface area contributed by atoms with Gasteiger partial charge in [-0.2, -0.15) is 4.98 Å². The molecule has 0 bridgehead atoms. The lowest BCUT2D eigenvalue weighted by atomic mass is 10.0. The maximum absolute atomic E-state index is 14.1. The van der Waals surface area contributed by atoms with Crippen molar-refractivity contribution in [3.8, 4) is 28.6 Å². The number of aromatic nitrogens is 1. The minimum Gasteiger partial charge on any atom is -0.479 e. The smallest absolute Gasteiger partial charge is 0.344 e. The number of benzene rings is 2. The standard InChI is InChI=1S/C21H18F2N2O4/c1-12(21(26)27)28-19-17(22)10-18(23)20(25-19)29-16-7-3-6-15(9-16)14-5-2-4-13(8-14)11-24/h2-10,12H,11,24H2,1H3,(H,26,27). The third-order valence-electron chi connectivity index (χ3n) is 4.05. The molecule has 0 aliphatic rings. The number of hydrogen-bond acceptors (Lipinski definition) is 5. The molecule has 1 atom stereocenters. The molecule has 0 radical (unpaired) electrons. The van der Waals surface area contributed by atoms with Gasteiger partial charge in [-0.25, -0.2) is 13.6 Å². The van der Waals surface area contributed by atoms with Gasteiger partial charge in [0.1, 0.15) is 5.75 Å². The Kier molecular flexibility index (Phi) is 6.04. The lowest BCUT2D eigenvalue weighted by Crippen LogP contribution is -2.24. The van der Waals surface area contributed by atoms with Crippen LogP contribution in [0.4, 0.5) is 8.78 Å². The molecule has 0 amide bonds. The van der Waals surface area contributed by atoms with Crippen LogP contribution in [0.1, 0.15) is 12.5 Å². The summed E-state index contributed by atoms with van der Waals surface area (Å²) in [7, 11) is 0. The van der Waals surface area contributed by atoms with Gasteiger partial charge in [0, 0.05) is 12.6 Å². The van der Waals surface area contributed by atoms with Crippen molar-refractivity contribution in [1.82, 2.24) is 4.98 Å². The Morgan fingerprint density at radius 3 is 2.41 bits per heavy atom. The minimum atomic E-state index is -1.37. The van der Waals surface area contributed by atoms with Crippen molar-refractivity contribution < 1.29 is 28.2 Å². The van der Waals surface area contributed by atoms with Crippen LogP contribution in [0.2, 0.25) is 0 Å². The van der Waals surface area contributed by atoms with E-state index < -0.39 is 35.5 Å². The van der Waals surface area contributed by atoms with E-state index in [9.17, 15) is 13.6 Å². The van der Waals surface area contributed by atoms with Crippen LogP contribution in [0.5, 0.6) is 17.5 Å². The van der Waals surface area contributed by atoms with Crippen LogP contribution in [0.15, 0.2) is 54.6 Å². The number of nitrogens with zero attached hydrogens (tertiary/aromatic N) is 1. The van der Waals surface area contributed by atoms with Gasteiger partial charge in [0.15, 0.2) is 17.7 Å². The second-order valence-corrected chi connectivity index (χ2v) is 6.20. The highest BCUT2D eigenvalue weighted by molar-refractivity contribution is 5.72. The van der Waals surface area contributed by atoms with Crippen LogP contribution in [0.25, 0.3) is 11.1 Å². The second kappa shape index (κ2) is 8.66. The Morgan fingerprint density at radius 1 is 1.07 bits per heavy atom. The SMILES string of the molecule is CC(Oc1nc(Oc2cccc(-c3cccc(CN)c3)c2)c(F)cc1F)C(=O)O. The first-order valence-electron chi connectivity index (χ1n) is 8.70. The summed E-state index contributed by atoms with van der Waals surface area (Å²) in [6, 6.07) is 14.9. The molecule has 0 aliphatic heterocycles. The summed E-state index contributed by atoms with van der Waals surface area (Å²) >= 11 is 0. The molecule has 6 nitrogen and oxygen atoms in total. The molecule has 29 heavy (non-hydrogen) atoms. The maximum Gasteiger partial charge on any atom is 0.344 e. The average molecular weight is 400 g/mol. The first kappa shape index (κ1) is 20.2. The first-order chi connectivity index (χ1) is 13.9. The Balaban J connectivity index is 1.89. The Morgan fingerprint density at radius 2 is 1.72 bits per heavy atom. The van der Waals surface area contributed by atoms with Gasteiger partial charge >= 0.3 is 5.97 Å². The lowest BCUT2D eigenvalue weighted by Gasteiger charge is -2.13. The molecule has 2 aromatic carbocycles. The number of carboxylic acids is 1. The van der Waals surface area contributed by atoms with E-state index in [1.165, 1.54) is 6.92 Å². The van der Waals surface area contributed by atoms with Crippen molar-refractivity contribution in [2.24, 2.45) is 5.73 Å². The van der Waals surface area contributed by atoms with Crippen molar-refractivity contribution in [2.45, 2.75) is 19.6 Å². The molecule has 0 spiro atoms. The van der Waals surface area contributed by atoms with E-state index in [2.05, 4.69) is 4.98 Å². The van der Waals surface area contributed by atoms with Crippen LogP contribution < -0.4 is 15.2 Å². The van der Waals surface area contributed by atoms with Gasteiger partial charge in [-0.15, -0.1) is 0 Å². The number of halogens is 2. The summed E-state index contributed by atoms with van der Waals surface area (Å²) in [5.74, 6) is -4.43. The zero-order chi connectivity index (χ0) is 21.0. The van der Waals surface area contributed by atoms with Gasteiger partial charge in [0.05, 0.1) is 0 Å². The van der Waals surface area contributed by atoms with Crippen molar-refractivity contribution in [3.63, 3.8) is 0 Å². The number of rotatable bonds is 7. The molecule has 1 heterocycles. The summed E-state index contributed by atoms with van der Waals surface area (Å²) in [5, 5.41) is 8.88. The van der Waals surface area contributed by atoms with Gasteiger partial charge in [-0.05, 0) is 41.8 Å². The molecule has 0 saturated heterocycles. The quantitative estimate of drug-likeness (QED) is 0.619. The fourth-order valence-electron chi connectivity index (χ4n) is 2.53. The number of nitrogens with two attached hydrogens (primary N) is 1. The van der Waals surface area contributed by atoms with E-state index in [0.29, 0.717) is 12.6 Å². The Labute approximate surface area is 165 Å². The molecule has 150 valence electrons. The van der Waals surface area contributed by atoms with Crippen LogP contribution in [0.3, 0.4) is 0 Å². The van der Waals surface area contributed by atoms with E-state index in [1.54, 1.807) is 18.2 Å². The molecule has 0 saturated carbocycles. The van der Waals surface area contributed by atoms with E-state index in [1.807, 2.05) is 30.3 Å². The highest BCUT2D eigenvalue weighted by Crippen LogP contribution is 2.30. The third kappa shape index (κ3) is 4.85. The second-order valence-electron chi connectivity index (χ2n) is 6.20. The van der Waals surface area contributed by atoms with Gasteiger partial charge in [-0.3, -0.25) is 0 Å². The minimum absolute atomic E-state index is 0.260. The topological polar surface area (TPSA) is 94.7 Å². The highest BCUT2D eigenvalue weighted by Gasteiger charge is 2.20.